The van der Waals surface area contributed by atoms with Crippen molar-refractivity contribution < 1.29 is 28.2 Å². The standard InChI is InChI=1S/C29H26N2O7S/c1-7-10-37-19-9-8-17(13-21(19)35-5)23-22-24(32)18-11-14(2)15(3)12-20(18)38-25(22)27(33)31(23)29-30-16(4)26(39-29)28(34)36-6/h7-9,11-13,23H,1,10H2,2-6H3. The van der Waals surface area contributed by atoms with Crippen molar-refractivity contribution in [1.82, 2.24) is 4.98 Å². The van der Waals surface area contributed by atoms with Gasteiger partial charge < -0.3 is 18.6 Å². The summed E-state index contributed by atoms with van der Waals surface area (Å²) in [5.74, 6) is -0.278. The molecule has 0 bridgehead atoms. The Morgan fingerprint density at radius 1 is 1.13 bits per heavy atom. The number of aryl methyl sites for hydroxylation is 3. The number of carbonyl (C=O) groups is 2. The van der Waals surface area contributed by atoms with Crippen molar-refractivity contribution >= 4 is 39.3 Å². The van der Waals surface area contributed by atoms with Gasteiger partial charge in [-0.15, -0.1) is 0 Å². The van der Waals surface area contributed by atoms with Crippen LogP contribution in [0, 0.1) is 20.8 Å². The summed E-state index contributed by atoms with van der Waals surface area (Å²) >= 11 is 1.01. The van der Waals surface area contributed by atoms with Gasteiger partial charge in [-0.25, -0.2) is 9.78 Å². The van der Waals surface area contributed by atoms with Crippen LogP contribution in [0.5, 0.6) is 11.5 Å². The van der Waals surface area contributed by atoms with Crippen LogP contribution in [0.4, 0.5) is 5.13 Å². The monoisotopic (exact) mass is 546 g/mol. The van der Waals surface area contributed by atoms with Crippen molar-refractivity contribution in [1.29, 1.82) is 0 Å². The number of carbonyl (C=O) groups excluding carboxylic acids is 2. The average Bonchev–Trinajstić information content (AvgIpc) is 3.45. The summed E-state index contributed by atoms with van der Waals surface area (Å²) in [5.41, 5.74) is 3.04. The molecule has 1 amide bonds. The van der Waals surface area contributed by atoms with E-state index < -0.39 is 17.9 Å². The lowest BCUT2D eigenvalue weighted by Crippen LogP contribution is -2.29. The van der Waals surface area contributed by atoms with Crippen LogP contribution in [-0.2, 0) is 4.74 Å². The normalized spacial score (nSPS) is 14.4. The molecule has 1 unspecified atom stereocenters. The predicted molar refractivity (Wildman–Crippen MR) is 147 cm³/mol. The van der Waals surface area contributed by atoms with Crippen molar-refractivity contribution in [3.63, 3.8) is 0 Å². The number of esters is 1. The number of ether oxygens (including phenoxy) is 3. The molecular weight excluding hydrogens is 520 g/mol. The Kier molecular flexibility index (Phi) is 6.73. The fourth-order valence-electron chi connectivity index (χ4n) is 4.63. The van der Waals surface area contributed by atoms with E-state index >= 15 is 0 Å². The van der Waals surface area contributed by atoms with Gasteiger partial charge in [0.2, 0.25) is 5.76 Å². The highest BCUT2D eigenvalue weighted by molar-refractivity contribution is 7.17. The summed E-state index contributed by atoms with van der Waals surface area (Å²) in [6.07, 6.45) is 1.62. The van der Waals surface area contributed by atoms with Crippen molar-refractivity contribution in [3.8, 4) is 11.5 Å². The third-order valence-corrected chi connectivity index (χ3v) is 7.85. The third kappa shape index (κ3) is 4.26. The first-order chi connectivity index (χ1) is 18.7. The van der Waals surface area contributed by atoms with Gasteiger partial charge in [0.05, 0.1) is 36.9 Å². The topological polar surface area (TPSA) is 108 Å². The highest BCUT2D eigenvalue weighted by Gasteiger charge is 2.45. The summed E-state index contributed by atoms with van der Waals surface area (Å²) in [6.45, 7) is 9.42. The van der Waals surface area contributed by atoms with E-state index in [1.54, 1.807) is 43.3 Å². The van der Waals surface area contributed by atoms with Gasteiger partial charge in [-0.05, 0) is 61.7 Å². The summed E-state index contributed by atoms with van der Waals surface area (Å²) in [7, 11) is 2.78. The molecule has 1 atom stereocenters. The number of methoxy groups -OCH3 is 2. The van der Waals surface area contributed by atoms with Gasteiger partial charge in [-0.1, -0.05) is 30.1 Å². The van der Waals surface area contributed by atoms with Gasteiger partial charge in [-0.3, -0.25) is 14.5 Å². The smallest absolute Gasteiger partial charge is 0.350 e. The van der Waals surface area contributed by atoms with E-state index in [2.05, 4.69) is 11.6 Å². The SMILES string of the molecule is C=CCOc1ccc(C2c3c(oc4cc(C)c(C)cc4c3=O)C(=O)N2c2nc(C)c(C(=O)OC)s2)cc1OC. The summed E-state index contributed by atoms with van der Waals surface area (Å²) < 4.78 is 22.2. The van der Waals surface area contributed by atoms with E-state index in [1.165, 1.54) is 19.1 Å². The average molecular weight is 547 g/mol. The van der Waals surface area contributed by atoms with E-state index in [1.807, 2.05) is 13.8 Å². The number of thiazole rings is 1. The maximum atomic E-state index is 14.0. The van der Waals surface area contributed by atoms with Crippen molar-refractivity contribution in [2.75, 3.05) is 25.7 Å². The molecule has 0 aliphatic carbocycles. The summed E-state index contributed by atoms with van der Waals surface area (Å²) in [4.78, 5) is 46.4. The fourth-order valence-corrected chi connectivity index (χ4v) is 5.64. The lowest BCUT2D eigenvalue weighted by Gasteiger charge is -2.23. The number of benzene rings is 2. The zero-order chi connectivity index (χ0) is 28.0. The Labute approximate surface area is 228 Å². The summed E-state index contributed by atoms with van der Waals surface area (Å²) in [5, 5.41) is 0.607. The quantitative estimate of drug-likeness (QED) is 0.227. The molecule has 4 aromatic rings. The van der Waals surface area contributed by atoms with E-state index in [-0.39, 0.29) is 33.4 Å². The molecule has 1 aliphatic heterocycles. The molecular formula is C29H26N2O7S. The molecule has 2 aromatic heterocycles. The van der Waals surface area contributed by atoms with Gasteiger partial charge in [0, 0.05) is 0 Å². The molecule has 0 fully saturated rings. The van der Waals surface area contributed by atoms with E-state index in [0.717, 1.165) is 22.5 Å². The van der Waals surface area contributed by atoms with E-state index in [4.69, 9.17) is 18.6 Å². The molecule has 10 heteroatoms. The molecule has 0 saturated carbocycles. The fraction of sp³-hybridized carbons (Fsp3) is 0.241. The Morgan fingerprint density at radius 2 is 1.87 bits per heavy atom. The predicted octanol–water partition coefficient (Wildman–Crippen LogP) is 5.28. The number of fused-ring (bicyclic) bond motifs is 2. The molecule has 0 radical (unpaired) electrons. The number of amides is 1. The van der Waals surface area contributed by atoms with E-state index in [0.29, 0.717) is 33.7 Å². The molecule has 0 N–H and O–H groups in total. The zero-order valence-electron chi connectivity index (χ0n) is 22.1. The number of hydrogen-bond acceptors (Lipinski definition) is 9. The molecule has 0 saturated heterocycles. The van der Waals surface area contributed by atoms with Gasteiger partial charge in [0.15, 0.2) is 22.1 Å². The van der Waals surface area contributed by atoms with Crippen molar-refractivity contribution in [2.24, 2.45) is 0 Å². The van der Waals surface area contributed by atoms with Crippen LogP contribution in [0.2, 0.25) is 0 Å². The first-order valence-corrected chi connectivity index (χ1v) is 12.9. The lowest BCUT2D eigenvalue weighted by molar-refractivity contribution is 0.0605. The molecule has 39 heavy (non-hydrogen) atoms. The summed E-state index contributed by atoms with van der Waals surface area (Å²) in [6, 6.07) is 7.82. The molecule has 0 spiro atoms. The van der Waals surface area contributed by atoms with Crippen molar-refractivity contribution in [3.05, 3.63) is 91.8 Å². The van der Waals surface area contributed by atoms with Gasteiger partial charge >= 0.3 is 5.97 Å². The minimum absolute atomic E-state index is 0.0702. The minimum Gasteiger partial charge on any atom is -0.493 e. The van der Waals surface area contributed by atoms with Gasteiger partial charge in [0.25, 0.3) is 5.91 Å². The molecule has 9 nitrogen and oxygen atoms in total. The number of hydrogen-bond donors (Lipinski definition) is 0. The Balaban J connectivity index is 1.77. The van der Waals surface area contributed by atoms with Crippen LogP contribution in [0.1, 0.15) is 54.2 Å². The number of aromatic nitrogens is 1. The Bertz CT molecular complexity index is 1720. The van der Waals surface area contributed by atoms with Crippen LogP contribution in [0.25, 0.3) is 11.0 Å². The number of anilines is 1. The molecule has 3 heterocycles. The molecule has 1 aliphatic rings. The zero-order valence-corrected chi connectivity index (χ0v) is 22.9. The van der Waals surface area contributed by atoms with Crippen LogP contribution in [0.15, 0.2) is 52.2 Å². The van der Waals surface area contributed by atoms with Gasteiger partial charge in [0.1, 0.15) is 17.1 Å². The first kappa shape index (κ1) is 26.2. The highest BCUT2D eigenvalue weighted by Crippen LogP contribution is 2.45. The Morgan fingerprint density at radius 3 is 2.56 bits per heavy atom. The second-order valence-corrected chi connectivity index (χ2v) is 10.1. The maximum absolute atomic E-state index is 14.0. The van der Waals surface area contributed by atoms with Crippen LogP contribution >= 0.6 is 11.3 Å². The molecule has 200 valence electrons. The first-order valence-electron chi connectivity index (χ1n) is 12.1. The Hall–Kier alpha value is -4.44. The van der Waals surface area contributed by atoms with E-state index in [9.17, 15) is 14.4 Å². The second kappa shape index (κ2) is 10.0. The van der Waals surface area contributed by atoms with Crippen molar-refractivity contribution in [2.45, 2.75) is 26.8 Å². The number of rotatable bonds is 7. The minimum atomic E-state index is -0.895. The van der Waals surface area contributed by atoms with Crippen LogP contribution in [0.3, 0.4) is 0 Å². The number of nitrogens with zero attached hydrogens (tertiary/aromatic N) is 2. The van der Waals surface area contributed by atoms with Gasteiger partial charge in [-0.2, -0.15) is 0 Å². The van der Waals surface area contributed by atoms with Crippen LogP contribution in [-0.4, -0.2) is 37.7 Å². The third-order valence-electron chi connectivity index (χ3n) is 6.71. The largest absolute Gasteiger partial charge is 0.493 e. The maximum Gasteiger partial charge on any atom is 0.350 e. The second-order valence-electron chi connectivity index (χ2n) is 9.10. The molecule has 5 rings (SSSR count). The highest BCUT2D eigenvalue weighted by atomic mass is 32.1. The molecule has 2 aromatic carbocycles. The lowest BCUT2D eigenvalue weighted by atomic mass is 9.97. The van der Waals surface area contributed by atoms with Crippen LogP contribution < -0.4 is 19.8 Å².